The summed E-state index contributed by atoms with van der Waals surface area (Å²) in [6, 6.07) is 0. The summed E-state index contributed by atoms with van der Waals surface area (Å²) in [5.74, 6) is 0.336. The van der Waals surface area contributed by atoms with E-state index in [2.05, 4.69) is 6.92 Å². The van der Waals surface area contributed by atoms with Gasteiger partial charge < -0.3 is 14.9 Å². The molecule has 0 radical (unpaired) electrons. The van der Waals surface area contributed by atoms with Gasteiger partial charge in [0.05, 0.1) is 12.7 Å². The van der Waals surface area contributed by atoms with Crippen LogP contribution in [0.4, 0.5) is 0 Å². The van der Waals surface area contributed by atoms with Crippen LogP contribution in [0, 0.1) is 11.8 Å². The fourth-order valence-corrected chi connectivity index (χ4v) is 2.80. The Morgan fingerprint density at radius 1 is 1.53 bits per heavy atom. The van der Waals surface area contributed by atoms with Crippen molar-refractivity contribution in [2.75, 3.05) is 6.61 Å². The Morgan fingerprint density at radius 2 is 2.21 bits per heavy atom. The van der Waals surface area contributed by atoms with Crippen LogP contribution in [-0.2, 0) is 9.53 Å². The van der Waals surface area contributed by atoms with Gasteiger partial charge in [-0.25, -0.2) is 0 Å². The smallest absolute Gasteiger partial charge is 0.306 e. The predicted molar refractivity (Wildman–Crippen MR) is 73.5 cm³/mol. The molecule has 0 aromatic carbocycles. The zero-order valence-corrected chi connectivity index (χ0v) is 12.1. The van der Waals surface area contributed by atoms with Crippen molar-refractivity contribution in [3.8, 4) is 0 Å². The average Bonchev–Trinajstić information content (AvgIpc) is 2.74. The number of rotatable bonds is 7. The van der Waals surface area contributed by atoms with E-state index in [9.17, 15) is 9.90 Å². The van der Waals surface area contributed by atoms with E-state index in [1.807, 2.05) is 19.9 Å². The fourth-order valence-electron chi connectivity index (χ4n) is 2.80. The Balaban J connectivity index is 2.38. The van der Waals surface area contributed by atoms with Crippen molar-refractivity contribution < 1.29 is 19.7 Å². The third-order valence-corrected chi connectivity index (χ3v) is 3.76. The Kier molecular flexibility index (Phi) is 6.52. The van der Waals surface area contributed by atoms with Crippen molar-refractivity contribution in [3.63, 3.8) is 0 Å². The molecule has 1 saturated heterocycles. The molecule has 0 bridgehead atoms. The second-order valence-electron chi connectivity index (χ2n) is 5.81. The van der Waals surface area contributed by atoms with Crippen LogP contribution in [0.2, 0.25) is 0 Å². The summed E-state index contributed by atoms with van der Waals surface area (Å²) in [6.45, 7) is 6.22. The van der Waals surface area contributed by atoms with Gasteiger partial charge in [-0.3, -0.25) is 4.79 Å². The molecule has 0 spiro atoms. The van der Waals surface area contributed by atoms with Crippen LogP contribution < -0.4 is 0 Å². The molecule has 1 heterocycles. The maximum Gasteiger partial charge on any atom is 0.306 e. The maximum absolute atomic E-state index is 11.1. The Hall–Kier alpha value is -0.870. The molecule has 110 valence electrons. The molecule has 0 saturated carbocycles. The van der Waals surface area contributed by atoms with Gasteiger partial charge in [0, 0.05) is 6.42 Å². The lowest BCUT2D eigenvalue weighted by Gasteiger charge is -2.26. The minimum absolute atomic E-state index is 0.0781. The van der Waals surface area contributed by atoms with Gasteiger partial charge in [0.15, 0.2) is 0 Å². The highest BCUT2D eigenvalue weighted by atomic mass is 16.6. The summed E-state index contributed by atoms with van der Waals surface area (Å²) in [6.07, 6.45) is 3.76. The summed E-state index contributed by atoms with van der Waals surface area (Å²) in [7, 11) is 0. The normalized spacial score (nSPS) is 25.0. The van der Waals surface area contributed by atoms with E-state index in [4.69, 9.17) is 9.84 Å². The number of allylic oxidation sites excluding steroid dienone is 1. The van der Waals surface area contributed by atoms with E-state index in [0.29, 0.717) is 18.8 Å². The standard InChI is InChI=1S/C15H26O4/c1-10(6-7-16)8-11(2)9-12(3)15(18)13-4-5-14(17)19-13/h6,11-13,15-16,18H,4-5,7-9H2,1-3H3/t11?,12?,13-,15+/m1/s1. The third-order valence-electron chi connectivity index (χ3n) is 3.76. The van der Waals surface area contributed by atoms with Gasteiger partial charge in [-0.2, -0.15) is 0 Å². The van der Waals surface area contributed by atoms with Crippen LogP contribution >= 0.6 is 0 Å². The summed E-state index contributed by atoms with van der Waals surface area (Å²) in [5.41, 5.74) is 1.17. The summed E-state index contributed by atoms with van der Waals surface area (Å²) < 4.78 is 5.11. The molecule has 1 rings (SSSR count). The Labute approximate surface area is 115 Å². The van der Waals surface area contributed by atoms with E-state index >= 15 is 0 Å². The minimum Gasteiger partial charge on any atom is -0.460 e. The van der Waals surface area contributed by atoms with Gasteiger partial charge in [0.2, 0.25) is 0 Å². The van der Waals surface area contributed by atoms with E-state index in [0.717, 1.165) is 12.8 Å². The van der Waals surface area contributed by atoms with Gasteiger partial charge in [-0.15, -0.1) is 0 Å². The van der Waals surface area contributed by atoms with E-state index in [1.54, 1.807) is 0 Å². The zero-order valence-electron chi connectivity index (χ0n) is 12.1. The average molecular weight is 270 g/mol. The number of esters is 1. The largest absolute Gasteiger partial charge is 0.460 e. The first-order chi connectivity index (χ1) is 8.93. The molecule has 0 aliphatic carbocycles. The Bertz CT molecular complexity index is 324. The van der Waals surface area contributed by atoms with E-state index in [1.165, 1.54) is 5.57 Å². The van der Waals surface area contributed by atoms with Gasteiger partial charge in [0.25, 0.3) is 0 Å². The molecule has 1 aliphatic rings. The van der Waals surface area contributed by atoms with Crippen LogP contribution in [0.1, 0.15) is 46.5 Å². The molecular weight excluding hydrogens is 244 g/mol. The molecule has 0 aromatic rings. The minimum atomic E-state index is -0.573. The quantitative estimate of drug-likeness (QED) is 0.549. The number of ether oxygens (including phenoxy) is 1. The summed E-state index contributed by atoms with van der Waals surface area (Å²) in [4.78, 5) is 11.1. The zero-order chi connectivity index (χ0) is 14.4. The third kappa shape index (κ3) is 5.33. The number of carbonyl (C=O) groups excluding carboxylic acids is 1. The molecule has 1 aliphatic heterocycles. The lowest BCUT2D eigenvalue weighted by atomic mass is 9.86. The number of hydrogen-bond acceptors (Lipinski definition) is 4. The van der Waals surface area contributed by atoms with Crippen molar-refractivity contribution in [1.29, 1.82) is 0 Å². The lowest BCUT2D eigenvalue weighted by Crippen LogP contribution is -2.32. The molecule has 19 heavy (non-hydrogen) atoms. The van der Waals surface area contributed by atoms with Crippen LogP contribution in [0.5, 0.6) is 0 Å². The van der Waals surface area contributed by atoms with Gasteiger partial charge in [0.1, 0.15) is 6.10 Å². The molecule has 4 atom stereocenters. The van der Waals surface area contributed by atoms with Crippen LogP contribution in [-0.4, -0.2) is 35.0 Å². The number of aliphatic hydroxyl groups excluding tert-OH is 2. The number of cyclic esters (lactones) is 1. The van der Waals surface area contributed by atoms with Crippen LogP contribution in [0.3, 0.4) is 0 Å². The molecular formula is C15H26O4. The van der Waals surface area contributed by atoms with Gasteiger partial charge in [-0.1, -0.05) is 25.5 Å². The second-order valence-corrected chi connectivity index (χ2v) is 5.81. The first-order valence-electron chi connectivity index (χ1n) is 7.08. The van der Waals surface area contributed by atoms with Crippen molar-refractivity contribution >= 4 is 5.97 Å². The SMILES string of the molecule is CC(=CCO)CC(C)CC(C)[C@H](O)[C@H]1CCC(=O)O1. The first-order valence-corrected chi connectivity index (χ1v) is 7.08. The molecule has 2 N–H and O–H groups in total. The van der Waals surface area contributed by atoms with E-state index in [-0.39, 0.29) is 24.6 Å². The van der Waals surface area contributed by atoms with Gasteiger partial charge >= 0.3 is 5.97 Å². The summed E-state index contributed by atoms with van der Waals surface area (Å²) in [5, 5.41) is 19.0. The first kappa shape index (κ1) is 16.2. The van der Waals surface area contributed by atoms with E-state index < -0.39 is 6.10 Å². The number of carbonyl (C=O) groups is 1. The monoisotopic (exact) mass is 270 g/mol. The fraction of sp³-hybridized carbons (Fsp3) is 0.800. The van der Waals surface area contributed by atoms with Crippen molar-refractivity contribution in [3.05, 3.63) is 11.6 Å². The number of aliphatic hydroxyl groups is 2. The highest BCUT2D eigenvalue weighted by Crippen LogP contribution is 2.27. The predicted octanol–water partition coefficient (Wildman–Crippen LogP) is 2.04. The summed E-state index contributed by atoms with van der Waals surface area (Å²) >= 11 is 0. The highest BCUT2D eigenvalue weighted by Gasteiger charge is 2.33. The van der Waals surface area contributed by atoms with Crippen molar-refractivity contribution in [1.82, 2.24) is 0 Å². The van der Waals surface area contributed by atoms with Gasteiger partial charge in [-0.05, 0) is 38.0 Å². The van der Waals surface area contributed by atoms with Crippen molar-refractivity contribution in [2.24, 2.45) is 11.8 Å². The molecule has 1 fully saturated rings. The van der Waals surface area contributed by atoms with Crippen molar-refractivity contribution in [2.45, 2.75) is 58.7 Å². The van der Waals surface area contributed by atoms with Crippen LogP contribution in [0.15, 0.2) is 11.6 Å². The maximum atomic E-state index is 11.1. The Morgan fingerprint density at radius 3 is 2.74 bits per heavy atom. The lowest BCUT2D eigenvalue weighted by molar-refractivity contribution is -0.146. The molecule has 4 nitrogen and oxygen atoms in total. The number of hydrogen-bond donors (Lipinski definition) is 2. The highest BCUT2D eigenvalue weighted by molar-refractivity contribution is 5.71. The molecule has 4 heteroatoms. The molecule has 0 amide bonds. The topological polar surface area (TPSA) is 66.8 Å². The molecule has 2 unspecified atom stereocenters. The second kappa shape index (κ2) is 7.65. The van der Waals surface area contributed by atoms with Crippen LogP contribution in [0.25, 0.3) is 0 Å². The molecule has 0 aromatic heterocycles.